The van der Waals surface area contributed by atoms with E-state index in [-0.39, 0.29) is 17.4 Å². The van der Waals surface area contributed by atoms with Gasteiger partial charge >= 0.3 is 0 Å². The van der Waals surface area contributed by atoms with Crippen LogP contribution in [0.3, 0.4) is 0 Å². The minimum absolute atomic E-state index is 0.00322. The molecule has 0 radical (unpaired) electrons. The summed E-state index contributed by atoms with van der Waals surface area (Å²) < 4.78 is 6.68. The molecule has 0 N–H and O–H groups in total. The topological polar surface area (TPSA) is 25.5 Å². The SMILES string of the molecule is C=C(c1ccccc1)C(C)C(N=C(C)c1ccccc1)c1cccc2oc3ccc(C4(C)c5ccccc5-c5cc(-c6cccc(-c7ccccc7)c6)ccc54)cc3c12.CC. The zero-order valence-corrected chi connectivity index (χ0v) is 35.7. The highest BCUT2D eigenvalue weighted by Gasteiger charge is 2.41. The van der Waals surface area contributed by atoms with Crippen molar-refractivity contribution in [2.24, 2.45) is 10.9 Å². The first-order chi connectivity index (χ1) is 29.9. The Morgan fingerprint density at radius 3 is 1.87 bits per heavy atom. The predicted molar refractivity (Wildman–Crippen MR) is 259 cm³/mol. The molecule has 8 aromatic carbocycles. The molecule has 2 heteroatoms. The number of nitrogens with zero attached hydrogens (tertiary/aromatic N) is 1. The highest BCUT2D eigenvalue weighted by Crippen LogP contribution is 2.54. The van der Waals surface area contributed by atoms with Crippen LogP contribution in [0.4, 0.5) is 0 Å². The number of hydrogen-bond donors (Lipinski definition) is 0. The van der Waals surface area contributed by atoms with Crippen molar-refractivity contribution in [2.45, 2.75) is 46.1 Å². The molecule has 298 valence electrons. The molecule has 2 nitrogen and oxygen atoms in total. The van der Waals surface area contributed by atoms with E-state index in [1.807, 2.05) is 13.8 Å². The molecular formula is C59H51NO. The largest absolute Gasteiger partial charge is 0.456 e. The fourth-order valence-electron chi connectivity index (χ4n) is 9.43. The molecule has 0 saturated heterocycles. The Morgan fingerprint density at radius 2 is 1.13 bits per heavy atom. The van der Waals surface area contributed by atoms with Gasteiger partial charge in [-0.05, 0) is 117 Å². The minimum Gasteiger partial charge on any atom is -0.456 e. The molecule has 0 amide bonds. The van der Waals surface area contributed by atoms with Crippen molar-refractivity contribution < 1.29 is 4.42 Å². The van der Waals surface area contributed by atoms with Gasteiger partial charge < -0.3 is 4.42 Å². The molecule has 0 fully saturated rings. The minimum atomic E-state index is -0.389. The third-order valence-corrected chi connectivity index (χ3v) is 12.7. The highest BCUT2D eigenvalue weighted by atomic mass is 16.3. The second kappa shape index (κ2) is 16.6. The van der Waals surface area contributed by atoms with Gasteiger partial charge in [-0.3, -0.25) is 4.99 Å². The lowest BCUT2D eigenvalue weighted by Gasteiger charge is -2.28. The van der Waals surface area contributed by atoms with Gasteiger partial charge in [-0.15, -0.1) is 0 Å². The average Bonchev–Trinajstić information content (AvgIpc) is 3.84. The first-order valence-electron chi connectivity index (χ1n) is 21.6. The van der Waals surface area contributed by atoms with Crippen LogP contribution in [0.15, 0.2) is 210 Å². The van der Waals surface area contributed by atoms with E-state index in [1.54, 1.807) is 0 Å². The van der Waals surface area contributed by atoms with Gasteiger partial charge in [-0.2, -0.15) is 0 Å². The van der Waals surface area contributed by atoms with Crippen molar-refractivity contribution >= 4 is 33.2 Å². The smallest absolute Gasteiger partial charge is 0.135 e. The van der Waals surface area contributed by atoms with Gasteiger partial charge in [0.15, 0.2) is 0 Å². The monoisotopic (exact) mass is 789 g/mol. The molecule has 3 atom stereocenters. The van der Waals surface area contributed by atoms with Gasteiger partial charge in [0.05, 0.1) is 6.04 Å². The first kappa shape index (κ1) is 39.4. The number of rotatable bonds is 9. The van der Waals surface area contributed by atoms with Gasteiger partial charge in [0.1, 0.15) is 11.2 Å². The lowest BCUT2D eigenvalue weighted by Crippen LogP contribution is -2.22. The molecule has 0 spiro atoms. The molecule has 0 bridgehead atoms. The van der Waals surface area contributed by atoms with Crippen LogP contribution in [0.1, 0.15) is 74.0 Å². The fourth-order valence-corrected chi connectivity index (χ4v) is 9.43. The maximum absolute atomic E-state index is 6.68. The third-order valence-electron chi connectivity index (χ3n) is 12.7. The van der Waals surface area contributed by atoms with Gasteiger partial charge in [-0.1, -0.05) is 191 Å². The van der Waals surface area contributed by atoms with E-state index in [0.29, 0.717) is 0 Å². The van der Waals surface area contributed by atoms with E-state index in [1.165, 1.54) is 50.1 Å². The van der Waals surface area contributed by atoms with E-state index in [9.17, 15) is 0 Å². The standard InChI is InChI=1S/C57H45NO.C2H6/c1-37(40-18-8-5-9-19-40)38(2)56(58-39(3)41-20-10-6-11-21-41)48-27-17-29-54-55(48)50-36-46(31-33-53(50)59-54)57(4)51-28-15-14-26-47(51)49-35-45(30-32-52(49)57)44-25-16-24-43(34-44)42-22-12-7-13-23-42;1-2/h5-36,38,56H,1H2,2-4H3;1-2H3. The molecule has 0 aliphatic heterocycles. The van der Waals surface area contributed by atoms with Crippen molar-refractivity contribution in [3.05, 3.63) is 234 Å². The Kier molecular flexibility index (Phi) is 10.7. The van der Waals surface area contributed by atoms with Crippen LogP contribution in [0.25, 0.3) is 60.9 Å². The normalized spacial score (nSPS) is 15.4. The summed E-state index contributed by atoms with van der Waals surface area (Å²) >= 11 is 0. The Hall–Kier alpha value is -7.03. The number of fused-ring (bicyclic) bond motifs is 6. The molecule has 1 aliphatic rings. The first-order valence-corrected chi connectivity index (χ1v) is 21.6. The summed E-state index contributed by atoms with van der Waals surface area (Å²) in [5.74, 6) is 0.00322. The number of hydrogen-bond acceptors (Lipinski definition) is 2. The lowest BCUT2D eigenvalue weighted by atomic mass is 9.73. The molecule has 1 aliphatic carbocycles. The zero-order valence-electron chi connectivity index (χ0n) is 35.7. The van der Waals surface area contributed by atoms with Crippen LogP contribution in [0.2, 0.25) is 0 Å². The summed E-state index contributed by atoms with van der Waals surface area (Å²) in [6, 6.07) is 69.5. The van der Waals surface area contributed by atoms with Crippen molar-refractivity contribution in [3.63, 3.8) is 0 Å². The Labute approximate surface area is 360 Å². The van der Waals surface area contributed by atoms with Gasteiger partial charge in [0.25, 0.3) is 0 Å². The van der Waals surface area contributed by atoms with Crippen LogP contribution in [-0.4, -0.2) is 5.71 Å². The number of furan rings is 1. The summed E-state index contributed by atoms with van der Waals surface area (Å²) in [5.41, 5.74) is 18.0. The second-order valence-electron chi connectivity index (χ2n) is 16.1. The maximum atomic E-state index is 6.68. The van der Waals surface area contributed by atoms with Crippen molar-refractivity contribution in [3.8, 4) is 33.4 Å². The van der Waals surface area contributed by atoms with Crippen molar-refractivity contribution in [2.75, 3.05) is 0 Å². The van der Waals surface area contributed by atoms with Crippen LogP contribution in [0, 0.1) is 5.92 Å². The van der Waals surface area contributed by atoms with Crippen LogP contribution < -0.4 is 0 Å². The highest BCUT2D eigenvalue weighted by molar-refractivity contribution is 6.08. The van der Waals surface area contributed by atoms with E-state index in [0.717, 1.165) is 49.9 Å². The van der Waals surface area contributed by atoms with Crippen LogP contribution in [-0.2, 0) is 5.41 Å². The van der Waals surface area contributed by atoms with E-state index < -0.39 is 0 Å². The molecule has 10 rings (SSSR count). The molecule has 1 aromatic heterocycles. The summed E-state index contributed by atoms with van der Waals surface area (Å²) in [6.07, 6.45) is 0. The summed E-state index contributed by atoms with van der Waals surface area (Å²) in [7, 11) is 0. The Morgan fingerprint density at radius 1 is 0.541 bits per heavy atom. The molecular weight excluding hydrogens is 739 g/mol. The number of benzene rings is 8. The molecule has 1 heterocycles. The van der Waals surface area contributed by atoms with Crippen LogP contribution in [0.5, 0.6) is 0 Å². The fraction of sp³-hybridized carbons (Fsp3) is 0.136. The third kappa shape index (κ3) is 7.02. The Bertz CT molecular complexity index is 3050. The molecule has 0 saturated carbocycles. The summed E-state index contributed by atoms with van der Waals surface area (Å²) in [5, 5.41) is 2.21. The van der Waals surface area contributed by atoms with Crippen molar-refractivity contribution in [1.29, 1.82) is 0 Å². The molecule has 3 unspecified atom stereocenters. The zero-order chi connectivity index (χ0) is 42.1. The van der Waals surface area contributed by atoms with E-state index in [4.69, 9.17) is 9.41 Å². The second-order valence-corrected chi connectivity index (χ2v) is 16.1. The van der Waals surface area contributed by atoms with E-state index >= 15 is 0 Å². The average molecular weight is 790 g/mol. The predicted octanol–water partition coefficient (Wildman–Crippen LogP) is 16.2. The van der Waals surface area contributed by atoms with Gasteiger partial charge in [0, 0.05) is 27.8 Å². The van der Waals surface area contributed by atoms with Crippen molar-refractivity contribution in [1.82, 2.24) is 0 Å². The summed E-state index contributed by atoms with van der Waals surface area (Å²) in [4.78, 5) is 5.54. The molecule has 9 aromatic rings. The van der Waals surface area contributed by atoms with Gasteiger partial charge in [-0.25, -0.2) is 0 Å². The van der Waals surface area contributed by atoms with Gasteiger partial charge in [0.2, 0.25) is 0 Å². The quantitative estimate of drug-likeness (QED) is 0.134. The maximum Gasteiger partial charge on any atom is 0.135 e. The Balaban J connectivity index is 0.00000235. The van der Waals surface area contributed by atoms with E-state index in [2.05, 4.69) is 221 Å². The lowest BCUT2D eigenvalue weighted by molar-refractivity contribution is 0.588. The number of aliphatic imine (C=N–C) groups is 1. The van der Waals surface area contributed by atoms with Crippen LogP contribution >= 0.6 is 0 Å². The molecule has 61 heavy (non-hydrogen) atoms. The summed E-state index contributed by atoms with van der Waals surface area (Å²) in [6.45, 7) is 15.4.